The van der Waals surface area contributed by atoms with Crippen molar-refractivity contribution >= 4 is 17.4 Å². The van der Waals surface area contributed by atoms with Crippen LogP contribution in [0.15, 0.2) is 23.0 Å². The number of fused-ring (bicyclic) bond motifs is 5. The topological polar surface area (TPSA) is 101 Å². The first-order valence-electron chi connectivity index (χ1n) is 13.7. The van der Waals surface area contributed by atoms with Crippen molar-refractivity contribution < 1.29 is 23.7 Å². The maximum atomic E-state index is 13.8. The minimum absolute atomic E-state index is 0.0389. The van der Waals surface area contributed by atoms with Gasteiger partial charge in [0.2, 0.25) is 6.79 Å². The van der Waals surface area contributed by atoms with Crippen LogP contribution in [0.25, 0.3) is 22.3 Å². The SMILES string of the molecule is CCC(C)NC12CC(c3c4c(nc5cc6c(cc35)OCO6)-c3cc(C(C)OC)c(COC=O)c(=O)n3C4)(C1)C2. The third-order valence-corrected chi connectivity index (χ3v) is 9.39. The number of nitrogens with zero attached hydrogens (tertiary/aromatic N) is 2. The molecule has 0 saturated heterocycles. The number of benzene rings is 1. The van der Waals surface area contributed by atoms with Gasteiger partial charge in [-0.3, -0.25) is 9.59 Å². The van der Waals surface area contributed by atoms with Gasteiger partial charge in [-0.15, -0.1) is 0 Å². The van der Waals surface area contributed by atoms with Gasteiger partial charge in [-0.1, -0.05) is 6.92 Å². The molecule has 2 unspecified atom stereocenters. The summed E-state index contributed by atoms with van der Waals surface area (Å²) in [6.45, 7) is 7.26. The van der Waals surface area contributed by atoms with Crippen molar-refractivity contribution in [2.75, 3.05) is 13.9 Å². The van der Waals surface area contributed by atoms with E-state index in [9.17, 15) is 9.59 Å². The highest BCUT2D eigenvalue weighted by Gasteiger charge is 2.69. The van der Waals surface area contributed by atoms with Gasteiger partial charge in [-0.05, 0) is 62.8 Å². The lowest BCUT2D eigenvalue weighted by molar-refractivity contribution is -0.129. The van der Waals surface area contributed by atoms with Crippen molar-refractivity contribution in [2.45, 2.75) is 82.7 Å². The standard InChI is InChI=1S/C30H33N3O6/c1-5-16(2)32-30-11-29(12-30,13-30)26-19-7-24-25(39-15-38-24)8-22(19)31-27-20(26)9-33-23(27)6-18(17(3)36-4)21(28(33)35)10-37-14-34/h6-8,14,16-17,32H,5,9-13,15H2,1-4H3. The van der Waals surface area contributed by atoms with Gasteiger partial charge < -0.3 is 28.8 Å². The van der Waals surface area contributed by atoms with E-state index in [4.69, 9.17) is 23.9 Å². The number of methoxy groups -OCH3 is 1. The number of ether oxygens (including phenoxy) is 4. The van der Waals surface area contributed by atoms with E-state index in [0.29, 0.717) is 35.9 Å². The molecule has 8 rings (SSSR count). The van der Waals surface area contributed by atoms with Crippen LogP contribution in [0, 0.1) is 0 Å². The zero-order valence-corrected chi connectivity index (χ0v) is 22.8. The minimum Gasteiger partial charge on any atom is -0.463 e. The quantitative estimate of drug-likeness (QED) is 0.322. The molecule has 4 heterocycles. The Morgan fingerprint density at radius 3 is 2.62 bits per heavy atom. The largest absolute Gasteiger partial charge is 0.463 e. The second-order valence-corrected chi connectivity index (χ2v) is 11.7. The Morgan fingerprint density at radius 2 is 1.92 bits per heavy atom. The van der Waals surface area contributed by atoms with Crippen LogP contribution in [-0.2, 0) is 32.8 Å². The van der Waals surface area contributed by atoms with Gasteiger partial charge in [0, 0.05) is 41.1 Å². The molecule has 3 saturated carbocycles. The summed E-state index contributed by atoms with van der Waals surface area (Å²) in [6.07, 6.45) is 3.96. The summed E-state index contributed by atoms with van der Waals surface area (Å²) in [4.78, 5) is 29.9. The number of pyridine rings is 2. The number of hydrogen-bond donors (Lipinski definition) is 1. The smallest absolute Gasteiger partial charge is 0.293 e. The second-order valence-electron chi connectivity index (χ2n) is 11.7. The first-order chi connectivity index (χ1) is 18.8. The lowest BCUT2D eigenvalue weighted by Crippen LogP contribution is -2.77. The third kappa shape index (κ3) is 3.42. The molecular formula is C30H33N3O6. The fraction of sp³-hybridized carbons (Fsp3) is 0.500. The van der Waals surface area contributed by atoms with Gasteiger partial charge >= 0.3 is 0 Å². The molecule has 2 atom stereocenters. The number of carbonyl (C=O) groups is 1. The molecule has 2 aliphatic heterocycles. The average Bonchev–Trinajstić information content (AvgIpc) is 3.50. The molecule has 1 aromatic carbocycles. The predicted molar refractivity (Wildman–Crippen MR) is 144 cm³/mol. The van der Waals surface area contributed by atoms with E-state index in [1.807, 2.05) is 19.1 Å². The molecular weight excluding hydrogens is 498 g/mol. The third-order valence-electron chi connectivity index (χ3n) is 9.39. The predicted octanol–water partition coefficient (Wildman–Crippen LogP) is 4.10. The van der Waals surface area contributed by atoms with Crippen molar-refractivity contribution in [1.82, 2.24) is 14.9 Å². The monoisotopic (exact) mass is 531 g/mol. The Bertz CT molecular complexity index is 1570. The van der Waals surface area contributed by atoms with Crippen LogP contribution in [0.2, 0.25) is 0 Å². The summed E-state index contributed by atoms with van der Waals surface area (Å²) in [6, 6.07) is 6.50. The Labute approximate surface area is 226 Å². The van der Waals surface area contributed by atoms with E-state index in [2.05, 4.69) is 25.2 Å². The Balaban J connectivity index is 1.41. The van der Waals surface area contributed by atoms with Gasteiger partial charge in [-0.2, -0.15) is 0 Å². The lowest BCUT2D eigenvalue weighted by Gasteiger charge is -2.72. The van der Waals surface area contributed by atoms with Crippen molar-refractivity contribution in [3.8, 4) is 22.9 Å². The molecule has 39 heavy (non-hydrogen) atoms. The van der Waals surface area contributed by atoms with Crippen LogP contribution in [0.4, 0.5) is 0 Å². The van der Waals surface area contributed by atoms with Gasteiger partial charge in [0.1, 0.15) is 6.61 Å². The molecule has 2 bridgehead atoms. The highest BCUT2D eigenvalue weighted by Crippen LogP contribution is 2.70. The molecule has 9 nitrogen and oxygen atoms in total. The second kappa shape index (κ2) is 8.53. The van der Waals surface area contributed by atoms with E-state index in [1.165, 1.54) is 5.56 Å². The van der Waals surface area contributed by atoms with E-state index < -0.39 is 0 Å². The van der Waals surface area contributed by atoms with Crippen LogP contribution in [-0.4, -0.2) is 41.5 Å². The molecule has 3 fully saturated rings. The van der Waals surface area contributed by atoms with Crippen LogP contribution in [0.3, 0.4) is 0 Å². The first kappa shape index (κ1) is 24.6. The molecule has 1 N–H and O–H groups in total. The molecule has 0 amide bonds. The minimum atomic E-state index is -0.351. The van der Waals surface area contributed by atoms with E-state index in [1.54, 1.807) is 11.7 Å². The maximum absolute atomic E-state index is 13.8. The molecule has 9 heteroatoms. The molecule has 3 aliphatic carbocycles. The normalized spacial score (nSPS) is 24.9. The van der Waals surface area contributed by atoms with Gasteiger partial charge in [0.15, 0.2) is 11.5 Å². The number of rotatable bonds is 9. The number of hydrogen-bond acceptors (Lipinski definition) is 8. The molecule has 2 aromatic heterocycles. The van der Waals surface area contributed by atoms with E-state index >= 15 is 0 Å². The van der Waals surface area contributed by atoms with E-state index in [0.717, 1.165) is 59.3 Å². The fourth-order valence-corrected chi connectivity index (χ4v) is 7.47. The van der Waals surface area contributed by atoms with Crippen LogP contribution < -0.4 is 20.3 Å². The molecule has 0 spiro atoms. The van der Waals surface area contributed by atoms with Crippen LogP contribution >= 0.6 is 0 Å². The summed E-state index contributed by atoms with van der Waals surface area (Å²) in [7, 11) is 1.60. The van der Waals surface area contributed by atoms with Crippen LogP contribution in [0.1, 0.15) is 74.8 Å². The average molecular weight is 532 g/mol. The summed E-state index contributed by atoms with van der Waals surface area (Å²) in [5.41, 5.74) is 6.01. The molecule has 3 aromatic rings. The maximum Gasteiger partial charge on any atom is 0.293 e. The van der Waals surface area contributed by atoms with Gasteiger partial charge in [0.05, 0.1) is 35.1 Å². The van der Waals surface area contributed by atoms with Crippen molar-refractivity contribution in [3.63, 3.8) is 0 Å². The van der Waals surface area contributed by atoms with Gasteiger partial charge in [0.25, 0.3) is 12.0 Å². The van der Waals surface area contributed by atoms with Crippen molar-refractivity contribution in [2.24, 2.45) is 0 Å². The van der Waals surface area contributed by atoms with Crippen LogP contribution in [0.5, 0.6) is 11.5 Å². The highest BCUT2D eigenvalue weighted by molar-refractivity contribution is 5.92. The Kier molecular flexibility index (Phi) is 5.38. The lowest BCUT2D eigenvalue weighted by atomic mass is 9.36. The molecule has 5 aliphatic rings. The Hall–Kier alpha value is -3.43. The summed E-state index contributed by atoms with van der Waals surface area (Å²) >= 11 is 0. The van der Waals surface area contributed by atoms with Gasteiger partial charge in [-0.25, -0.2) is 4.98 Å². The van der Waals surface area contributed by atoms with E-state index in [-0.39, 0.29) is 36.0 Å². The number of carbonyl (C=O) groups excluding carboxylic acids is 1. The highest BCUT2D eigenvalue weighted by atomic mass is 16.7. The molecule has 204 valence electrons. The number of aromatic nitrogens is 2. The van der Waals surface area contributed by atoms with Crippen molar-refractivity contribution in [1.29, 1.82) is 0 Å². The zero-order valence-electron chi connectivity index (χ0n) is 22.8. The number of nitrogens with one attached hydrogen (secondary N) is 1. The fourth-order valence-electron chi connectivity index (χ4n) is 7.47. The Morgan fingerprint density at radius 1 is 1.18 bits per heavy atom. The zero-order chi connectivity index (χ0) is 27.1. The summed E-state index contributed by atoms with van der Waals surface area (Å²) in [5.74, 6) is 1.43. The first-order valence-corrected chi connectivity index (χ1v) is 13.7. The van der Waals surface area contributed by atoms with Crippen molar-refractivity contribution in [3.05, 3.63) is 50.8 Å². The molecule has 0 radical (unpaired) electrons. The summed E-state index contributed by atoms with van der Waals surface area (Å²) in [5, 5.41) is 4.94. The summed E-state index contributed by atoms with van der Waals surface area (Å²) < 4.78 is 23.9.